The number of carbonyl (C=O) groups excluding carboxylic acids is 1. The average Bonchev–Trinajstić information content (AvgIpc) is 2.48. The molecular formula is C15H20Cl2N2O. The summed E-state index contributed by atoms with van der Waals surface area (Å²) in [5.41, 5.74) is 0.838. The van der Waals surface area contributed by atoms with Gasteiger partial charge >= 0.3 is 0 Å². The van der Waals surface area contributed by atoms with E-state index in [0.29, 0.717) is 16.6 Å². The molecule has 0 bridgehead atoms. The van der Waals surface area contributed by atoms with E-state index in [0.717, 1.165) is 38.0 Å². The third kappa shape index (κ3) is 3.66. The van der Waals surface area contributed by atoms with Crippen molar-refractivity contribution in [2.45, 2.75) is 26.2 Å². The van der Waals surface area contributed by atoms with Crippen LogP contribution in [-0.2, 0) is 4.79 Å². The van der Waals surface area contributed by atoms with Crippen LogP contribution in [0.5, 0.6) is 0 Å². The number of piperidine rings is 1. The van der Waals surface area contributed by atoms with Crippen molar-refractivity contribution in [2.24, 2.45) is 5.92 Å². The molecule has 0 spiro atoms. The SMILES string of the molecule is CCCN(C(=O)C1CCNCC1)c1ccc(Cl)c(Cl)c1. The maximum absolute atomic E-state index is 12.7. The summed E-state index contributed by atoms with van der Waals surface area (Å²) in [6, 6.07) is 5.39. The Hall–Kier alpha value is -0.770. The highest BCUT2D eigenvalue weighted by atomic mass is 35.5. The lowest BCUT2D eigenvalue weighted by Gasteiger charge is -2.29. The number of nitrogens with zero attached hydrogens (tertiary/aromatic N) is 1. The van der Waals surface area contributed by atoms with Crippen LogP contribution in [0.1, 0.15) is 26.2 Å². The molecule has 1 aliphatic rings. The number of rotatable bonds is 4. The number of amides is 1. The quantitative estimate of drug-likeness (QED) is 0.918. The van der Waals surface area contributed by atoms with Crippen LogP contribution in [0, 0.1) is 5.92 Å². The van der Waals surface area contributed by atoms with Gasteiger partial charge in [-0.3, -0.25) is 4.79 Å². The number of benzene rings is 1. The molecule has 1 aromatic carbocycles. The number of nitrogens with one attached hydrogen (secondary N) is 1. The lowest BCUT2D eigenvalue weighted by Crippen LogP contribution is -2.41. The van der Waals surface area contributed by atoms with E-state index in [-0.39, 0.29) is 11.8 Å². The Balaban J connectivity index is 2.20. The fourth-order valence-electron chi connectivity index (χ4n) is 2.53. The van der Waals surface area contributed by atoms with Crippen LogP contribution in [-0.4, -0.2) is 25.5 Å². The highest BCUT2D eigenvalue weighted by Crippen LogP contribution is 2.29. The van der Waals surface area contributed by atoms with Gasteiger partial charge in [-0.25, -0.2) is 0 Å². The molecule has 1 saturated heterocycles. The molecule has 0 atom stereocenters. The van der Waals surface area contributed by atoms with Gasteiger partial charge in [0, 0.05) is 18.2 Å². The maximum atomic E-state index is 12.7. The van der Waals surface area contributed by atoms with Gasteiger partial charge in [-0.2, -0.15) is 0 Å². The molecule has 110 valence electrons. The first-order valence-corrected chi connectivity index (χ1v) is 7.86. The Bertz CT molecular complexity index is 473. The zero-order valence-electron chi connectivity index (χ0n) is 11.7. The van der Waals surface area contributed by atoms with Crippen LogP contribution in [0.3, 0.4) is 0 Å². The lowest BCUT2D eigenvalue weighted by atomic mass is 9.96. The van der Waals surface area contributed by atoms with Crippen molar-refractivity contribution in [3.8, 4) is 0 Å². The van der Waals surface area contributed by atoms with Crippen molar-refractivity contribution < 1.29 is 4.79 Å². The predicted octanol–water partition coefficient (Wildman–Crippen LogP) is 3.74. The van der Waals surface area contributed by atoms with Crippen LogP contribution < -0.4 is 10.2 Å². The predicted molar refractivity (Wildman–Crippen MR) is 84.7 cm³/mol. The summed E-state index contributed by atoms with van der Waals surface area (Å²) < 4.78 is 0. The number of halogens is 2. The average molecular weight is 315 g/mol. The zero-order chi connectivity index (χ0) is 14.5. The van der Waals surface area contributed by atoms with E-state index in [2.05, 4.69) is 12.2 Å². The van der Waals surface area contributed by atoms with Gasteiger partial charge in [0.05, 0.1) is 10.0 Å². The molecule has 0 aliphatic carbocycles. The molecule has 1 amide bonds. The molecule has 0 saturated carbocycles. The Kier molecular flexibility index (Phi) is 5.70. The van der Waals surface area contributed by atoms with E-state index in [4.69, 9.17) is 23.2 Å². The van der Waals surface area contributed by atoms with Gasteiger partial charge < -0.3 is 10.2 Å². The van der Waals surface area contributed by atoms with Crippen molar-refractivity contribution in [1.82, 2.24) is 5.32 Å². The van der Waals surface area contributed by atoms with Gasteiger partial charge in [-0.1, -0.05) is 30.1 Å². The van der Waals surface area contributed by atoms with E-state index in [9.17, 15) is 4.79 Å². The minimum atomic E-state index is 0.109. The molecule has 1 aliphatic heterocycles. The molecule has 1 heterocycles. The van der Waals surface area contributed by atoms with Crippen molar-refractivity contribution in [3.63, 3.8) is 0 Å². The van der Waals surface area contributed by atoms with Crippen LogP contribution in [0.15, 0.2) is 18.2 Å². The van der Waals surface area contributed by atoms with Crippen molar-refractivity contribution >= 4 is 34.8 Å². The van der Waals surface area contributed by atoms with Gasteiger partial charge in [0.1, 0.15) is 0 Å². The summed E-state index contributed by atoms with van der Waals surface area (Å²) in [5.74, 6) is 0.309. The summed E-state index contributed by atoms with van der Waals surface area (Å²) in [6.07, 6.45) is 2.72. The second-order valence-corrected chi connectivity index (χ2v) is 5.93. The van der Waals surface area contributed by atoms with Crippen molar-refractivity contribution in [1.29, 1.82) is 0 Å². The molecular weight excluding hydrogens is 295 g/mol. The summed E-state index contributed by atoms with van der Waals surface area (Å²) in [7, 11) is 0. The second kappa shape index (κ2) is 7.30. The number of hydrogen-bond donors (Lipinski definition) is 1. The number of hydrogen-bond acceptors (Lipinski definition) is 2. The van der Waals surface area contributed by atoms with Crippen molar-refractivity contribution in [2.75, 3.05) is 24.5 Å². The Morgan fingerprint density at radius 2 is 2.00 bits per heavy atom. The summed E-state index contributed by atoms with van der Waals surface area (Å²) in [5, 5.41) is 4.29. The standard InChI is InChI=1S/C15H20Cl2N2O/c1-2-9-19(12-3-4-13(16)14(17)10-12)15(20)11-5-7-18-8-6-11/h3-4,10-11,18H,2,5-9H2,1H3. The monoisotopic (exact) mass is 314 g/mol. The van der Waals surface area contributed by atoms with Crippen LogP contribution >= 0.6 is 23.2 Å². The molecule has 1 aromatic rings. The van der Waals surface area contributed by atoms with Gasteiger partial charge in [0.2, 0.25) is 5.91 Å². The topological polar surface area (TPSA) is 32.3 Å². The van der Waals surface area contributed by atoms with Gasteiger partial charge in [0.15, 0.2) is 0 Å². The first-order valence-electron chi connectivity index (χ1n) is 7.10. The molecule has 2 rings (SSSR count). The lowest BCUT2D eigenvalue weighted by molar-refractivity contribution is -0.123. The molecule has 1 N–H and O–H groups in total. The second-order valence-electron chi connectivity index (χ2n) is 5.11. The molecule has 5 heteroatoms. The summed E-state index contributed by atoms with van der Waals surface area (Å²) >= 11 is 12.0. The molecule has 3 nitrogen and oxygen atoms in total. The summed E-state index contributed by atoms with van der Waals surface area (Å²) in [6.45, 7) is 4.61. The highest BCUT2D eigenvalue weighted by Gasteiger charge is 2.26. The Morgan fingerprint density at radius 1 is 1.30 bits per heavy atom. The normalized spacial score (nSPS) is 16.1. The van der Waals surface area contributed by atoms with Crippen LogP contribution in [0.4, 0.5) is 5.69 Å². The smallest absolute Gasteiger partial charge is 0.230 e. The van der Waals surface area contributed by atoms with Gasteiger partial charge in [0.25, 0.3) is 0 Å². The molecule has 20 heavy (non-hydrogen) atoms. The van der Waals surface area contributed by atoms with E-state index >= 15 is 0 Å². The fourth-order valence-corrected chi connectivity index (χ4v) is 2.82. The van der Waals surface area contributed by atoms with E-state index in [1.54, 1.807) is 12.1 Å². The largest absolute Gasteiger partial charge is 0.317 e. The first-order chi connectivity index (χ1) is 9.63. The van der Waals surface area contributed by atoms with Gasteiger partial charge in [-0.15, -0.1) is 0 Å². The van der Waals surface area contributed by atoms with E-state index in [1.807, 2.05) is 11.0 Å². The zero-order valence-corrected chi connectivity index (χ0v) is 13.2. The van der Waals surface area contributed by atoms with E-state index < -0.39 is 0 Å². The summed E-state index contributed by atoms with van der Waals surface area (Å²) in [4.78, 5) is 14.6. The Labute approximate surface area is 130 Å². The van der Waals surface area contributed by atoms with Crippen molar-refractivity contribution in [3.05, 3.63) is 28.2 Å². The van der Waals surface area contributed by atoms with Gasteiger partial charge in [-0.05, 0) is 50.6 Å². The molecule has 0 unspecified atom stereocenters. The number of carbonyl (C=O) groups is 1. The van der Waals surface area contributed by atoms with Crippen LogP contribution in [0.2, 0.25) is 10.0 Å². The van der Waals surface area contributed by atoms with E-state index in [1.165, 1.54) is 0 Å². The Morgan fingerprint density at radius 3 is 2.60 bits per heavy atom. The third-order valence-corrected chi connectivity index (χ3v) is 4.36. The third-order valence-electron chi connectivity index (χ3n) is 3.62. The molecule has 0 aromatic heterocycles. The maximum Gasteiger partial charge on any atom is 0.230 e. The highest BCUT2D eigenvalue weighted by molar-refractivity contribution is 6.42. The fraction of sp³-hybridized carbons (Fsp3) is 0.533. The minimum absolute atomic E-state index is 0.109. The molecule has 0 radical (unpaired) electrons. The first kappa shape index (κ1) is 15.6. The number of anilines is 1. The minimum Gasteiger partial charge on any atom is -0.317 e. The molecule has 1 fully saturated rings. The van der Waals surface area contributed by atoms with Crippen LogP contribution in [0.25, 0.3) is 0 Å².